The Morgan fingerprint density at radius 1 is 1.26 bits per heavy atom. The summed E-state index contributed by atoms with van der Waals surface area (Å²) in [5.41, 5.74) is 3.87. The van der Waals surface area contributed by atoms with Crippen molar-refractivity contribution in [2.24, 2.45) is 5.92 Å². The molecule has 1 amide bonds. The van der Waals surface area contributed by atoms with Crippen molar-refractivity contribution in [2.75, 3.05) is 23.4 Å². The summed E-state index contributed by atoms with van der Waals surface area (Å²) in [5.74, 6) is 0.00409. The van der Waals surface area contributed by atoms with Gasteiger partial charge >= 0.3 is 5.97 Å². The summed E-state index contributed by atoms with van der Waals surface area (Å²) < 4.78 is 5.33. The molecule has 1 aromatic carbocycles. The summed E-state index contributed by atoms with van der Waals surface area (Å²) in [6.07, 6.45) is 0.822. The van der Waals surface area contributed by atoms with Gasteiger partial charge in [0.2, 0.25) is 5.91 Å². The maximum absolute atomic E-state index is 12.3. The van der Waals surface area contributed by atoms with Gasteiger partial charge in [0, 0.05) is 0 Å². The molecule has 0 saturated heterocycles. The zero-order chi connectivity index (χ0) is 17.1. The minimum absolute atomic E-state index is 0.117. The molecule has 2 rings (SSSR count). The number of carbonyl (C=O) groups excluding carboxylic acids is 2. The van der Waals surface area contributed by atoms with E-state index in [0.717, 1.165) is 28.9 Å². The molecule has 0 bridgehead atoms. The maximum Gasteiger partial charge on any atom is 0.328 e. The largest absolute Gasteiger partial charge is 0.464 e. The summed E-state index contributed by atoms with van der Waals surface area (Å²) in [5, 5.41) is 3.12. The molecule has 126 valence electrons. The van der Waals surface area contributed by atoms with Crippen LogP contribution in [0.5, 0.6) is 0 Å². The number of nitrogens with zero attached hydrogens (tertiary/aromatic N) is 1. The predicted molar refractivity (Wildman–Crippen MR) is 91.8 cm³/mol. The fourth-order valence-corrected chi connectivity index (χ4v) is 2.58. The van der Waals surface area contributed by atoms with Crippen molar-refractivity contribution in [2.45, 2.75) is 47.1 Å². The van der Waals surface area contributed by atoms with E-state index in [1.54, 1.807) is 11.8 Å². The van der Waals surface area contributed by atoms with Gasteiger partial charge in [-0.3, -0.25) is 9.69 Å². The van der Waals surface area contributed by atoms with Crippen molar-refractivity contribution in [1.29, 1.82) is 0 Å². The maximum atomic E-state index is 12.3. The molecule has 0 fully saturated rings. The lowest BCUT2D eigenvalue weighted by Crippen LogP contribution is -2.49. The summed E-state index contributed by atoms with van der Waals surface area (Å²) >= 11 is 0. The highest BCUT2D eigenvalue weighted by Gasteiger charge is 2.33. The van der Waals surface area contributed by atoms with E-state index in [1.807, 2.05) is 26.0 Å². The first-order valence-corrected chi connectivity index (χ1v) is 8.15. The van der Waals surface area contributed by atoms with E-state index in [-0.39, 0.29) is 18.4 Å². The van der Waals surface area contributed by atoms with E-state index in [1.165, 1.54) is 0 Å². The Balaban J connectivity index is 2.20. The molecular formula is C18H26N2O3. The monoisotopic (exact) mass is 318 g/mol. The van der Waals surface area contributed by atoms with Crippen LogP contribution in [0.2, 0.25) is 0 Å². The van der Waals surface area contributed by atoms with Gasteiger partial charge in [-0.1, -0.05) is 13.8 Å². The number of amides is 1. The molecule has 1 heterocycles. The second kappa shape index (κ2) is 7.02. The lowest BCUT2D eigenvalue weighted by Gasteiger charge is -2.34. The molecule has 1 unspecified atom stereocenters. The first kappa shape index (κ1) is 17.3. The zero-order valence-corrected chi connectivity index (χ0v) is 14.6. The minimum Gasteiger partial charge on any atom is -0.464 e. The van der Waals surface area contributed by atoms with Crippen LogP contribution in [0.25, 0.3) is 0 Å². The number of rotatable bonds is 5. The van der Waals surface area contributed by atoms with Gasteiger partial charge in [-0.25, -0.2) is 4.79 Å². The van der Waals surface area contributed by atoms with Gasteiger partial charge in [-0.15, -0.1) is 0 Å². The zero-order valence-electron chi connectivity index (χ0n) is 14.6. The van der Waals surface area contributed by atoms with E-state index >= 15 is 0 Å². The number of nitrogens with one attached hydrogen (secondary N) is 1. The second-order valence-corrected chi connectivity index (χ2v) is 6.60. The van der Waals surface area contributed by atoms with Gasteiger partial charge in [-0.05, 0) is 56.4 Å². The van der Waals surface area contributed by atoms with Crippen LogP contribution in [0.1, 0.15) is 38.3 Å². The van der Waals surface area contributed by atoms with E-state index in [2.05, 4.69) is 19.2 Å². The molecule has 5 heteroatoms. The average Bonchev–Trinajstić information content (AvgIpc) is 2.48. The van der Waals surface area contributed by atoms with Gasteiger partial charge in [0.05, 0.1) is 24.5 Å². The van der Waals surface area contributed by atoms with E-state index < -0.39 is 6.04 Å². The van der Waals surface area contributed by atoms with Crippen molar-refractivity contribution >= 4 is 23.3 Å². The summed E-state index contributed by atoms with van der Waals surface area (Å²) in [6, 6.07) is 3.34. The molecule has 1 aromatic rings. The molecule has 23 heavy (non-hydrogen) atoms. The first-order chi connectivity index (χ1) is 10.8. The Kier molecular flexibility index (Phi) is 5.29. The lowest BCUT2D eigenvalue weighted by molar-refractivity contribution is -0.146. The third-order valence-corrected chi connectivity index (χ3v) is 4.24. The van der Waals surface area contributed by atoms with Crippen molar-refractivity contribution < 1.29 is 14.3 Å². The van der Waals surface area contributed by atoms with Crippen LogP contribution >= 0.6 is 0 Å². The third kappa shape index (κ3) is 3.84. The standard InChI is InChI=1S/C18H26N2O3/c1-11(2)6-7-23-18(22)14(5)20-16-9-13(4)12(3)8-15(16)19-10-17(20)21/h8-9,11,14,19H,6-7,10H2,1-5H3. The number of hydrogen-bond donors (Lipinski definition) is 1. The Bertz CT molecular complexity index is 611. The smallest absolute Gasteiger partial charge is 0.328 e. The van der Waals surface area contributed by atoms with Crippen LogP contribution in [0.4, 0.5) is 11.4 Å². The van der Waals surface area contributed by atoms with Crippen molar-refractivity contribution in [1.82, 2.24) is 0 Å². The van der Waals surface area contributed by atoms with Crippen LogP contribution < -0.4 is 10.2 Å². The number of benzene rings is 1. The Morgan fingerprint density at radius 3 is 2.57 bits per heavy atom. The Morgan fingerprint density at radius 2 is 1.91 bits per heavy atom. The molecule has 0 saturated carbocycles. The number of aryl methyl sites for hydroxylation is 2. The number of hydrogen-bond acceptors (Lipinski definition) is 4. The first-order valence-electron chi connectivity index (χ1n) is 8.15. The molecule has 0 radical (unpaired) electrons. The molecular weight excluding hydrogens is 292 g/mol. The van der Waals surface area contributed by atoms with Crippen LogP contribution in [0.3, 0.4) is 0 Å². The third-order valence-electron chi connectivity index (χ3n) is 4.24. The number of esters is 1. The Hall–Kier alpha value is -2.04. The van der Waals surface area contributed by atoms with Crippen molar-refractivity contribution in [3.05, 3.63) is 23.3 Å². The minimum atomic E-state index is -0.627. The fourth-order valence-electron chi connectivity index (χ4n) is 2.58. The summed E-state index contributed by atoms with van der Waals surface area (Å²) in [7, 11) is 0. The van der Waals surface area contributed by atoms with Crippen LogP contribution in [0, 0.1) is 19.8 Å². The van der Waals surface area contributed by atoms with Crippen molar-refractivity contribution in [3.63, 3.8) is 0 Å². The SMILES string of the molecule is Cc1cc2c(cc1C)N(C(C)C(=O)OCCC(C)C)C(=O)CN2. The highest BCUT2D eigenvalue weighted by Crippen LogP contribution is 2.33. The molecule has 1 aliphatic rings. The normalized spacial score (nSPS) is 15.2. The molecule has 1 N–H and O–H groups in total. The van der Waals surface area contributed by atoms with Gasteiger partial charge in [0.15, 0.2) is 0 Å². The summed E-state index contributed by atoms with van der Waals surface area (Å²) in [6.45, 7) is 10.5. The van der Waals surface area contributed by atoms with Crippen LogP contribution in [-0.4, -0.2) is 31.1 Å². The van der Waals surface area contributed by atoms with Gasteiger partial charge in [0.1, 0.15) is 6.04 Å². The highest BCUT2D eigenvalue weighted by atomic mass is 16.5. The summed E-state index contributed by atoms with van der Waals surface area (Å²) in [4.78, 5) is 26.2. The fraction of sp³-hybridized carbons (Fsp3) is 0.556. The topological polar surface area (TPSA) is 58.6 Å². The van der Waals surface area contributed by atoms with E-state index in [4.69, 9.17) is 4.74 Å². The number of ether oxygens (including phenoxy) is 1. The molecule has 0 aliphatic carbocycles. The quantitative estimate of drug-likeness (QED) is 0.848. The van der Waals surface area contributed by atoms with E-state index in [9.17, 15) is 9.59 Å². The average molecular weight is 318 g/mol. The molecule has 0 aromatic heterocycles. The van der Waals surface area contributed by atoms with Gasteiger partial charge in [0.25, 0.3) is 0 Å². The highest BCUT2D eigenvalue weighted by molar-refractivity contribution is 6.06. The van der Waals surface area contributed by atoms with Gasteiger partial charge < -0.3 is 10.1 Å². The molecule has 5 nitrogen and oxygen atoms in total. The Labute approximate surface area is 138 Å². The number of carbonyl (C=O) groups is 2. The van der Waals surface area contributed by atoms with Crippen LogP contribution in [0.15, 0.2) is 12.1 Å². The molecule has 1 atom stereocenters. The molecule has 1 aliphatic heterocycles. The van der Waals surface area contributed by atoms with E-state index in [0.29, 0.717) is 12.5 Å². The lowest BCUT2D eigenvalue weighted by atomic mass is 10.0. The molecule has 0 spiro atoms. The van der Waals surface area contributed by atoms with Crippen molar-refractivity contribution in [3.8, 4) is 0 Å². The van der Waals surface area contributed by atoms with Crippen LogP contribution in [-0.2, 0) is 14.3 Å². The number of anilines is 2. The second-order valence-electron chi connectivity index (χ2n) is 6.60. The van der Waals surface area contributed by atoms with Gasteiger partial charge in [-0.2, -0.15) is 0 Å². The number of fused-ring (bicyclic) bond motifs is 1. The predicted octanol–water partition coefficient (Wildman–Crippen LogP) is 3.04.